The molecule has 1 heterocycles. The summed E-state index contributed by atoms with van der Waals surface area (Å²) >= 11 is 0. The van der Waals surface area contributed by atoms with Crippen molar-refractivity contribution in [2.45, 2.75) is 20.3 Å². The third-order valence-corrected chi connectivity index (χ3v) is 3.33. The maximum atomic E-state index is 12.0. The number of amides is 1. The van der Waals surface area contributed by atoms with Gasteiger partial charge in [-0.05, 0) is 55.7 Å². The van der Waals surface area contributed by atoms with Gasteiger partial charge in [-0.3, -0.25) is 4.79 Å². The van der Waals surface area contributed by atoms with Crippen LogP contribution in [-0.4, -0.2) is 31.2 Å². The standard InChI is InChI=1S/C18H23N3O2/c1-13-9-14(2)11-16(10-13)21-17-6-5-15(12-20-17)18(22)19-7-4-8-23-3/h5-6,9-12H,4,7-8H2,1-3H3,(H,19,22)(H,20,21). The number of carbonyl (C=O) groups is 1. The number of hydrogen-bond acceptors (Lipinski definition) is 4. The highest BCUT2D eigenvalue weighted by molar-refractivity contribution is 5.94. The van der Waals surface area contributed by atoms with Gasteiger partial charge in [-0.15, -0.1) is 0 Å². The Balaban J connectivity index is 1.95. The predicted octanol–water partition coefficient (Wildman–Crippen LogP) is 3.21. The van der Waals surface area contributed by atoms with Crippen LogP contribution in [0.25, 0.3) is 0 Å². The number of aryl methyl sites for hydroxylation is 2. The lowest BCUT2D eigenvalue weighted by molar-refractivity contribution is 0.0948. The highest BCUT2D eigenvalue weighted by Gasteiger charge is 2.06. The van der Waals surface area contributed by atoms with Gasteiger partial charge in [0.25, 0.3) is 5.91 Å². The number of carbonyl (C=O) groups excluding carboxylic acids is 1. The first kappa shape index (κ1) is 17.0. The molecule has 1 amide bonds. The molecule has 2 aromatic rings. The minimum atomic E-state index is -0.119. The Labute approximate surface area is 137 Å². The first-order valence-corrected chi connectivity index (χ1v) is 7.67. The first-order valence-electron chi connectivity index (χ1n) is 7.67. The molecule has 122 valence electrons. The molecule has 2 rings (SSSR count). The van der Waals surface area contributed by atoms with Crippen molar-refractivity contribution in [3.05, 3.63) is 53.2 Å². The lowest BCUT2D eigenvalue weighted by atomic mass is 10.1. The number of rotatable bonds is 7. The highest BCUT2D eigenvalue weighted by Crippen LogP contribution is 2.18. The lowest BCUT2D eigenvalue weighted by Gasteiger charge is -2.09. The van der Waals surface area contributed by atoms with Gasteiger partial charge in [0.1, 0.15) is 5.82 Å². The molecule has 0 atom stereocenters. The fourth-order valence-corrected chi connectivity index (χ4v) is 2.32. The van der Waals surface area contributed by atoms with Crippen LogP contribution in [0.5, 0.6) is 0 Å². The summed E-state index contributed by atoms with van der Waals surface area (Å²) in [6, 6.07) is 9.82. The van der Waals surface area contributed by atoms with Gasteiger partial charge in [0.2, 0.25) is 0 Å². The van der Waals surface area contributed by atoms with Crippen molar-refractivity contribution >= 4 is 17.4 Å². The number of pyridine rings is 1. The van der Waals surface area contributed by atoms with Crippen LogP contribution in [0.1, 0.15) is 27.9 Å². The number of nitrogens with one attached hydrogen (secondary N) is 2. The zero-order valence-corrected chi connectivity index (χ0v) is 13.8. The molecule has 1 aromatic carbocycles. The third-order valence-electron chi connectivity index (χ3n) is 3.33. The average molecular weight is 313 g/mol. The molecule has 0 aliphatic rings. The van der Waals surface area contributed by atoms with E-state index in [4.69, 9.17) is 4.74 Å². The maximum absolute atomic E-state index is 12.0. The highest BCUT2D eigenvalue weighted by atomic mass is 16.5. The molecule has 5 nitrogen and oxygen atoms in total. The number of anilines is 2. The molecule has 0 bridgehead atoms. The molecule has 0 aliphatic heterocycles. The average Bonchev–Trinajstić information content (AvgIpc) is 2.51. The minimum Gasteiger partial charge on any atom is -0.385 e. The molecule has 0 saturated carbocycles. The van der Waals surface area contributed by atoms with Gasteiger partial charge in [0.05, 0.1) is 5.56 Å². The number of hydrogen-bond donors (Lipinski definition) is 2. The largest absolute Gasteiger partial charge is 0.385 e. The smallest absolute Gasteiger partial charge is 0.252 e. The van der Waals surface area contributed by atoms with Crippen LogP contribution in [0.3, 0.4) is 0 Å². The Morgan fingerprint density at radius 3 is 2.52 bits per heavy atom. The van der Waals surface area contributed by atoms with E-state index in [1.807, 2.05) is 6.07 Å². The summed E-state index contributed by atoms with van der Waals surface area (Å²) < 4.78 is 4.95. The summed E-state index contributed by atoms with van der Waals surface area (Å²) in [6.45, 7) is 5.35. The molecule has 0 radical (unpaired) electrons. The van der Waals surface area contributed by atoms with Crippen molar-refractivity contribution in [1.29, 1.82) is 0 Å². The zero-order valence-electron chi connectivity index (χ0n) is 13.8. The van der Waals surface area contributed by atoms with Gasteiger partial charge in [0, 0.05) is 32.1 Å². The predicted molar refractivity (Wildman–Crippen MR) is 92.3 cm³/mol. The third kappa shape index (κ3) is 5.38. The van der Waals surface area contributed by atoms with Gasteiger partial charge in [-0.2, -0.15) is 0 Å². The normalized spacial score (nSPS) is 10.4. The van der Waals surface area contributed by atoms with Crippen LogP contribution in [0.2, 0.25) is 0 Å². The number of methoxy groups -OCH3 is 1. The van der Waals surface area contributed by atoms with Crippen LogP contribution >= 0.6 is 0 Å². The molecular formula is C18H23N3O2. The van der Waals surface area contributed by atoms with E-state index in [0.717, 1.165) is 12.1 Å². The SMILES string of the molecule is COCCCNC(=O)c1ccc(Nc2cc(C)cc(C)c2)nc1. The van der Waals surface area contributed by atoms with Crippen molar-refractivity contribution in [1.82, 2.24) is 10.3 Å². The number of nitrogens with zero attached hydrogens (tertiary/aromatic N) is 1. The molecule has 0 unspecified atom stereocenters. The molecule has 5 heteroatoms. The van der Waals surface area contributed by atoms with E-state index in [2.05, 4.69) is 47.7 Å². The van der Waals surface area contributed by atoms with Gasteiger partial charge in [-0.1, -0.05) is 6.07 Å². The number of aromatic nitrogens is 1. The van der Waals surface area contributed by atoms with E-state index in [9.17, 15) is 4.79 Å². The van der Waals surface area contributed by atoms with Crippen LogP contribution in [0.4, 0.5) is 11.5 Å². The first-order chi connectivity index (χ1) is 11.1. The topological polar surface area (TPSA) is 63.2 Å². The Hall–Kier alpha value is -2.40. The second-order valence-electron chi connectivity index (χ2n) is 5.54. The fraction of sp³-hybridized carbons (Fsp3) is 0.333. The van der Waals surface area contributed by atoms with Gasteiger partial charge < -0.3 is 15.4 Å². The van der Waals surface area contributed by atoms with Gasteiger partial charge in [-0.25, -0.2) is 4.98 Å². The lowest BCUT2D eigenvalue weighted by Crippen LogP contribution is -2.25. The summed E-state index contributed by atoms with van der Waals surface area (Å²) in [5, 5.41) is 6.09. The summed E-state index contributed by atoms with van der Waals surface area (Å²) in [5.41, 5.74) is 3.93. The van der Waals surface area contributed by atoms with Crippen LogP contribution < -0.4 is 10.6 Å². The Morgan fingerprint density at radius 2 is 1.91 bits per heavy atom. The van der Waals surface area contributed by atoms with E-state index >= 15 is 0 Å². The molecule has 0 aliphatic carbocycles. The van der Waals surface area contributed by atoms with E-state index in [1.54, 1.807) is 19.4 Å². The minimum absolute atomic E-state index is 0.119. The molecule has 0 saturated heterocycles. The van der Waals surface area contributed by atoms with Crippen LogP contribution in [0, 0.1) is 13.8 Å². The molecule has 2 N–H and O–H groups in total. The van der Waals surface area contributed by atoms with Crippen molar-refractivity contribution in [3.8, 4) is 0 Å². The van der Waals surface area contributed by atoms with E-state index in [-0.39, 0.29) is 5.91 Å². The van der Waals surface area contributed by atoms with Crippen LogP contribution in [0.15, 0.2) is 36.5 Å². The summed E-state index contributed by atoms with van der Waals surface area (Å²) in [4.78, 5) is 16.3. The maximum Gasteiger partial charge on any atom is 0.252 e. The Morgan fingerprint density at radius 1 is 1.17 bits per heavy atom. The van der Waals surface area contributed by atoms with Crippen molar-refractivity contribution in [3.63, 3.8) is 0 Å². The Kier molecular flexibility index (Phi) is 6.11. The zero-order chi connectivity index (χ0) is 16.7. The second-order valence-corrected chi connectivity index (χ2v) is 5.54. The molecule has 0 fully saturated rings. The summed E-state index contributed by atoms with van der Waals surface area (Å²) in [7, 11) is 1.65. The van der Waals surface area contributed by atoms with Crippen molar-refractivity contribution in [2.75, 3.05) is 25.6 Å². The number of benzene rings is 1. The van der Waals surface area contributed by atoms with E-state index < -0.39 is 0 Å². The molecule has 23 heavy (non-hydrogen) atoms. The fourth-order valence-electron chi connectivity index (χ4n) is 2.32. The van der Waals surface area contributed by atoms with Gasteiger partial charge in [0.15, 0.2) is 0 Å². The Bertz CT molecular complexity index is 634. The van der Waals surface area contributed by atoms with Crippen LogP contribution in [-0.2, 0) is 4.74 Å². The van der Waals surface area contributed by atoms with Crippen molar-refractivity contribution in [2.24, 2.45) is 0 Å². The summed E-state index contributed by atoms with van der Waals surface area (Å²) in [5.74, 6) is 0.595. The number of ether oxygens (including phenoxy) is 1. The van der Waals surface area contributed by atoms with E-state index in [1.165, 1.54) is 11.1 Å². The monoisotopic (exact) mass is 313 g/mol. The molecular weight excluding hydrogens is 290 g/mol. The molecule has 0 spiro atoms. The second kappa shape index (κ2) is 8.29. The van der Waals surface area contributed by atoms with E-state index in [0.29, 0.717) is 24.5 Å². The quantitative estimate of drug-likeness (QED) is 0.771. The molecule has 1 aromatic heterocycles. The van der Waals surface area contributed by atoms with Crippen molar-refractivity contribution < 1.29 is 9.53 Å². The van der Waals surface area contributed by atoms with Gasteiger partial charge >= 0.3 is 0 Å². The summed E-state index contributed by atoms with van der Waals surface area (Å²) in [6.07, 6.45) is 2.37.